The number of carbonyl (C=O) groups is 1. The van der Waals surface area contributed by atoms with E-state index in [9.17, 15) is 38.4 Å². The van der Waals surface area contributed by atoms with Crippen molar-refractivity contribution in [3.8, 4) is 23.3 Å². The quantitative estimate of drug-likeness (QED) is 0.158. The molecule has 0 fully saturated rings. The van der Waals surface area contributed by atoms with Crippen LogP contribution in [-0.2, 0) is 11.0 Å². The second kappa shape index (κ2) is 9.74. The Labute approximate surface area is 190 Å². The van der Waals surface area contributed by atoms with Crippen LogP contribution in [0.1, 0.15) is 11.1 Å². The predicted octanol–water partition coefficient (Wildman–Crippen LogP) is 5.66. The van der Waals surface area contributed by atoms with Crippen LogP contribution in [0.15, 0.2) is 72.3 Å². The summed E-state index contributed by atoms with van der Waals surface area (Å²) >= 11 is 0. The molecule has 3 rings (SSSR count). The summed E-state index contributed by atoms with van der Waals surface area (Å²) in [5.74, 6) is -1.28. The van der Waals surface area contributed by atoms with E-state index in [0.717, 1.165) is 6.07 Å². The number of phenolic OH excluding ortho intramolecular Hbond substituents is 1. The Hall–Kier alpha value is -4.85. The minimum absolute atomic E-state index is 0.0162. The SMILES string of the molecule is N#C/C(=C\c1ccccc1Oc1ccc(C(F)(F)F)cc1[N+](=O)[O-])C(=O)Nc1ccc(O)cc1. The molecular formula is C23H14F3N3O5. The summed E-state index contributed by atoms with van der Waals surface area (Å²) in [6.45, 7) is 0. The number of nitro groups is 1. The maximum absolute atomic E-state index is 12.9. The molecule has 8 nitrogen and oxygen atoms in total. The van der Waals surface area contributed by atoms with Gasteiger partial charge in [-0.2, -0.15) is 18.4 Å². The molecule has 0 saturated carbocycles. The van der Waals surface area contributed by atoms with Crippen molar-refractivity contribution in [2.75, 3.05) is 5.32 Å². The summed E-state index contributed by atoms with van der Waals surface area (Å²) in [6, 6.07) is 15.0. The zero-order valence-corrected chi connectivity index (χ0v) is 17.0. The number of hydrogen-bond donors (Lipinski definition) is 2. The number of nitrogens with one attached hydrogen (secondary N) is 1. The minimum Gasteiger partial charge on any atom is -0.508 e. The van der Waals surface area contributed by atoms with Gasteiger partial charge < -0.3 is 15.2 Å². The molecule has 3 aromatic rings. The fourth-order valence-electron chi connectivity index (χ4n) is 2.78. The number of ether oxygens (including phenoxy) is 1. The number of halogens is 3. The highest BCUT2D eigenvalue weighted by Gasteiger charge is 2.33. The van der Waals surface area contributed by atoms with Crippen LogP contribution in [0.5, 0.6) is 17.2 Å². The van der Waals surface area contributed by atoms with Crippen LogP contribution in [0, 0.1) is 21.4 Å². The Bertz CT molecular complexity index is 1310. The van der Waals surface area contributed by atoms with Crippen molar-refractivity contribution >= 4 is 23.4 Å². The zero-order valence-electron chi connectivity index (χ0n) is 17.0. The largest absolute Gasteiger partial charge is 0.508 e. The van der Waals surface area contributed by atoms with E-state index >= 15 is 0 Å². The van der Waals surface area contributed by atoms with Crippen LogP contribution in [-0.4, -0.2) is 15.9 Å². The van der Waals surface area contributed by atoms with E-state index in [1.165, 1.54) is 48.5 Å². The van der Waals surface area contributed by atoms with E-state index in [1.807, 2.05) is 0 Å². The molecule has 0 aromatic heterocycles. The number of phenols is 1. The average molecular weight is 469 g/mol. The van der Waals surface area contributed by atoms with Crippen molar-refractivity contribution in [2.45, 2.75) is 6.18 Å². The fourth-order valence-corrected chi connectivity index (χ4v) is 2.78. The molecule has 1 amide bonds. The lowest BCUT2D eigenvalue weighted by molar-refractivity contribution is -0.385. The van der Waals surface area contributed by atoms with Crippen molar-refractivity contribution in [1.82, 2.24) is 0 Å². The lowest BCUT2D eigenvalue weighted by Gasteiger charge is -2.12. The fraction of sp³-hybridized carbons (Fsp3) is 0.0435. The predicted molar refractivity (Wildman–Crippen MR) is 115 cm³/mol. The molecule has 11 heteroatoms. The highest BCUT2D eigenvalue weighted by Crippen LogP contribution is 2.38. The van der Waals surface area contributed by atoms with Crippen molar-refractivity contribution in [1.29, 1.82) is 5.26 Å². The highest BCUT2D eigenvalue weighted by molar-refractivity contribution is 6.09. The number of para-hydroxylation sites is 1. The van der Waals surface area contributed by atoms with Crippen LogP contribution >= 0.6 is 0 Å². The number of amides is 1. The number of anilines is 1. The third kappa shape index (κ3) is 5.68. The van der Waals surface area contributed by atoms with E-state index in [4.69, 9.17) is 4.74 Å². The van der Waals surface area contributed by atoms with Gasteiger partial charge in [-0.3, -0.25) is 14.9 Å². The molecule has 0 bridgehead atoms. The molecule has 0 saturated heterocycles. The van der Waals surface area contributed by atoms with Gasteiger partial charge in [-0.1, -0.05) is 18.2 Å². The van der Waals surface area contributed by atoms with Gasteiger partial charge in [0.1, 0.15) is 23.1 Å². The van der Waals surface area contributed by atoms with Gasteiger partial charge in [-0.05, 0) is 48.5 Å². The lowest BCUT2D eigenvalue weighted by Crippen LogP contribution is -2.13. The normalized spacial score (nSPS) is 11.4. The summed E-state index contributed by atoms with van der Waals surface area (Å²) in [7, 11) is 0. The molecule has 2 N–H and O–H groups in total. The lowest BCUT2D eigenvalue weighted by atomic mass is 10.1. The molecule has 0 spiro atoms. The first-order valence-electron chi connectivity index (χ1n) is 9.43. The Balaban J connectivity index is 1.93. The topological polar surface area (TPSA) is 125 Å². The molecule has 0 heterocycles. The molecule has 0 radical (unpaired) electrons. The van der Waals surface area contributed by atoms with Crippen molar-refractivity contribution in [3.63, 3.8) is 0 Å². The summed E-state index contributed by atoms with van der Waals surface area (Å²) < 4.78 is 44.3. The van der Waals surface area contributed by atoms with E-state index < -0.39 is 34.0 Å². The number of nitrogens with zero attached hydrogens (tertiary/aromatic N) is 2. The van der Waals surface area contributed by atoms with Crippen LogP contribution < -0.4 is 10.1 Å². The number of nitriles is 1. The van der Waals surface area contributed by atoms with Crippen molar-refractivity contribution in [2.24, 2.45) is 0 Å². The number of rotatable bonds is 6. The van der Waals surface area contributed by atoms with Crippen LogP contribution in [0.3, 0.4) is 0 Å². The molecule has 0 atom stereocenters. The first-order chi connectivity index (χ1) is 16.1. The van der Waals surface area contributed by atoms with E-state index in [-0.39, 0.29) is 22.6 Å². The van der Waals surface area contributed by atoms with Gasteiger partial charge in [-0.25, -0.2) is 0 Å². The first kappa shape index (κ1) is 23.8. The van der Waals surface area contributed by atoms with Crippen molar-refractivity contribution < 1.29 is 32.7 Å². The van der Waals surface area contributed by atoms with E-state index in [0.29, 0.717) is 17.8 Å². The summed E-state index contributed by atoms with van der Waals surface area (Å²) in [5, 5.41) is 32.5. The van der Waals surface area contributed by atoms with Crippen LogP contribution in [0.25, 0.3) is 6.08 Å². The molecule has 34 heavy (non-hydrogen) atoms. The average Bonchev–Trinajstić information content (AvgIpc) is 2.79. The second-order valence-electron chi connectivity index (χ2n) is 6.75. The molecule has 172 valence electrons. The number of benzene rings is 3. The summed E-state index contributed by atoms with van der Waals surface area (Å²) in [4.78, 5) is 22.8. The Kier molecular flexibility index (Phi) is 6.82. The second-order valence-corrected chi connectivity index (χ2v) is 6.75. The van der Waals surface area contributed by atoms with Gasteiger partial charge in [0.15, 0.2) is 0 Å². The highest BCUT2D eigenvalue weighted by atomic mass is 19.4. The monoisotopic (exact) mass is 469 g/mol. The third-order valence-electron chi connectivity index (χ3n) is 4.41. The van der Waals surface area contributed by atoms with Gasteiger partial charge in [0.25, 0.3) is 5.91 Å². The maximum atomic E-state index is 12.9. The van der Waals surface area contributed by atoms with Gasteiger partial charge in [0, 0.05) is 17.3 Å². The molecule has 0 aliphatic heterocycles. The Morgan fingerprint density at radius 3 is 2.38 bits per heavy atom. The van der Waals surface area contributed by atoms with E-state index in [2.05, 4.69) is 5.32 Å². The zero-order chi connectivity index (χ0) is 24.9. The molecule has 0 unspecified atom stereocenters. The number of alkyl halides is 3. The third-order valence-corrected chi connectivity index (χ3v) is 4.41. The van der Waals surface area contributed by atoms with Gasteiger partial charge in [-0.15, -0.1) is 0 Å². The van der Waals surface area contributed by atoms with Crippen molar-refractivity contribution in [3.05, 3.63) is 93.5 Å². The smallest absolute Gasteiger partial charge is 0.416 e. The molecule has 0 aliphatic carbocycles. The van der Waals surface area contributed by atoms with E-state index in [1.54, 1.807) is 12.1 Å². The molecule has 0 aliphatic rings. The minimum atomic E-state index is -4.78. The van der Waals surface area contributed by atoms with Gasteiger partial charge in [0.2, 0.25) is 5.75 Å². The molecular weight excluding hydrogens is 455 g/mol. The van der Waals surface area contributed by atoms with Gasteiger partial charge >= 0.3 is 11.9 Å². The number of nitro benzene ring substituents is 1. The summed E-state index contributed by atoms with van der Waals surface area (Å²) in [6.07, 6.45) is -3.61. The molecule has 3 aromatic carbocycles. The summed E-state index contributed by atoms with van der Waals surface area (Å²) in [5.41, 5.74) is -1.97. The Morgan fingerprint density at radius 2 is 1.76 bits per heavy atom. The number of hydrogen-bond acceptors (Lipinski definition) is 6. The first-order valence-corrected chi connectivity index (χ1v) is 9.43. The Morgan fingerprint density at radius 1 is 1.09 bits per heavy atom. The number of carbonyl (C=O) groups excluding carboxylic acids is 1. The van der Waals surface area contributed by atoms with Crippen LogP contribution in [0.2, 0.25) is 0 Å². The maximum Gasteiger partial charge on any atom is 0.416 e. The van der Waals surface area contributed by atoms with Crippen LogP contribution in [0.4, 0.5) is 24.5 Å². The number of aromatic hydroxyl groups is 1. The van der Waals surface area contributed by atoms with Gasteiger partial charge in [0.05, 0.1) is 10.5 Å². The standard InChI is InChI=1S/C23H14F3N3O5/c24-23(25,26)16-5-10-21(19(12-16)29(32)33)34-20-4-2-1-3-14(20)11-15(13-27)22(31)28-17-6-8-18(30)9-7-17/h1-12,30H,(H,28,31)/b15-11+.